The second kappa shape index (κ2) is 11.5. The van der Waals surface area contributed by atoms with Gasteiger partial charge in [0.1, 0.15) is 6.10 Å². The minimum absolute atomic E-state index is 0.0308. The summed E-state index contributed by atoms with van der Waals surface area (Å²) in [6.45, 7) is 6.03. The van der Waals surface area contributed by atoms with Gasteiger partial charge in [-0.2, -0.15) is 0 Å². The smallest absolute Gasteiger partial charge is 0.335 e. The van der Waals surface area contributed by atoms with E-state index in [9.17, 15) is 14.7 Å². The van der Waals surface area contributed by atoms with Crippen molar-refractivity contribution in [2.24, 2.45) is 0 Å². The molecule has 2 heterocycles. The van der Waals surface area contributed by atoms with Gasteiger partial charge in [0.15, 0.2) is 11.5 Å². The average Bonchev–Trinajstić information content (AvgIpc) is 2.89. The number of carboxylic acids is 1. The minimum atomic E-state index is -1.00. The molecule has 0 saturated carbocycles. The number of anilines is 1. The first-order valence-electron chi connectivity index (χ1n) is 12.0. The number of nitrogens with one attached hydrogen (secondary N) is 1. The van der Waals surface area contributed by atoms with Crippen LogP contribution in [-0.2, 0) is 6.54 Å². The molecule has 1 aliphatic heterocycles. The summed E-state index contributed by atoms with van der Waals surface area (Å²) in [4.78, 5) is 34.7. The summed E-state index contributed by atoms with van der Waals surface area (Å²) in [5.41, 5.74) is 2.16. The first-order chi connectivity index (χ1) is 17.4. The fraction of sp³-hybridized carbons (Fsp3) is 0.333. The van der Waals surface area contributed by atoms with Gasteiger partial charge in [0.2, 0.25) is 5.95 Å². The summed E-state index contributed by atoms with van der Waals surface area (Å²) < 4.78 is 11.9. The fourth-order valence-electron chi connectivity index (χ4n) is 4.09. The lowest BCUT2D eigenvalue weighted by Gasteiger charge is -2.33. The largest absolute Gasteiger partial charge is 0.490 e. The van der Waals surface area contributed by atoms with Crippen LogP contribution in [0.4, 0.5) is 5.95 Å². The number of hydrogen-bond donors (Lipinski definition) is 2. The van der Waals surface area contributed by atoms with Gasteiger partial charge in [-0.3, -0.25) is 4.79 Å². The van der Waals surface area contributed by atoms with Crippen molar-refractivity contribution in [2.75, 3.05) is 24.6 Å². The Morgan fingerprint density at radius 2 is 1.86 bits per heavy atom. The summed E-state index contributed by atoms with van der Waals surface area (Å²) >= 11 is 0. The maximum Gasteiger partial charge on any atom is 0.335 e. The normalized spacial score (nSPS) is 15.3. The van der Waals surface area contributed by atoms with E-state index in [1.54, 1.807) is 18.2 Å². The Morgan fingerprint density at radius 3 is 2.58 bits per heavy atom. The Hall–Kier alpha value is -4.14. The molecule has 2 N–H and O–H groups in total. The summed E-state index contributed by atoms with van der Waals surface area (Å²) in [7, 11) is 0. The van der Waals surface area contributed by atoms with Gasteiger partial charge in [-0.1, -0.05) is 18.2 Å². The Morgan fingerprint density at radius 1 is 1.11 bits per heavy atom. The van der Waals surface area contributed by atoms with Crippen LogP contribution in [0.1, 0.15) is 51.6 Å². The third-order valence-electron chi connectivity index (χ3n) is 6.04. The van der Waals surface area contributed by atoms with Crippen LogP contribution in [0, 0.1) is 6.92 Å². The molecular formula is C27H30N4O5. The molecule has 1 aliphatic rings. The number of benzene rings is 2. The van der Waals surface area contributed by atoms with Gasteiger partial charge in [-0.15, -0.1) is 0 Å². The van der Waals surface area contributed by atoms with Crippen molar-refractivity contribution in [3.05, 3.63) is 77.1 Å². The van der Waals surface area contributed by atoms with Crippen molar-refractivity contribution in [2.45, 2.75) is 39.3 Å². The highest BCUT2D eigenvalue weighted by Gasteiger charge is 2.24. The zero-order valence-corrected chi connectivity index (χ0v) is 20.4. The molecule has 0 bridgehead atoms. The number of aromatic carboxylic acids is 1. The van der Waals surface area contributed by atoms with E-state index in [1.807, 2.05) is 38.1 Å². The third-order valence-corrected chi connectivity index (χ3v) is 6.04. The Kier molecular flexibility index (Phi) is 7.99. The zero-order valence-electron chi connectivity index (χ0n) is 20.4. The predicted octanol–water partition coefficient (Wildman–Crippen LogP) is 3.86. The molecule has 4 rings (SSSR count). The summed E-state index contributed by atoms with van der Waals surface area (Å²) in [6.07, 6.45) is 4.83. The van der Waals surface area contributed by atoms with Crippen molar-refractivity contribution in [3.8, 4) is 11.5 Å². The van der Waals surface area contributed by atoms with E-state index in [4.69, 9.17) is 9.47 Å². The number of carboxylic acid groups (broad SMARTS) is 1. The SMILES string of the molecule is CCOc1ccccc1O[C@@H]1CCCN(c2ncc(C(=O)NCc3cc(C(=O)O)ccc3C)cn2)C1. The Bertz CT molecular complexity index is 1220. The first kappa shape index (κ1) is 25.0. The lowest BCUT2D eigenvalue weighted by atomic mass is 10.0. The van der Waals surface area contributed by atoms with E-state index in [1.165, 1.54) is 12.4 Å². The number of aromatic nitrogens is 2. The number of nitrogens with zero attached hydrogens (tertiary/aromatic N) is 3. The first-order valence-corrected chi connectivity index (χ1v) is 12.0. The number of carbonyl (C=O) groups excluding carboxylic acids is 1. The number of rotatable bonds is 9. The van der Waals surface area contributed by atoms with Crippen LogP contribution >= 0.6 is 0 Å². The van der Waals surface area contributed by atoms with E-state index >= 15 is 0 Å². The standard InChI is InChI=1S/C27H30N4O5/c1-3-35-23-8-4-5-9-24(23)36-22-7-6-12-31(17-22)27-29-15-21(16-30-27)25(32)28-14-20-13-19(26(33)34)11-10-18(20)2/h4-5,8-11,13,15-16,22H,3,6-7,12,14,17H2,1-2H3,(H,28,32)(H,33,34)/t22-/m1/s1. The molecule has 1 saturated heterocycles. The van der Waals surface area contributed by atoms with Crippen LogP contribution in [0.2, 0.25) is 0 Å². The van der Waals surface area contributed by atoms with Crippen LogP contribution in [0.25, 0.3) is 0 Å². The number of aryl methyl sites for hydroxylation is 1. The maximum absolute atomic E-state index is 12.6. The number of para-hydroxylation sites is 2. The lowest BCUT2D eigenvalue weighted by molar-refractivity contribution is 0.0696. The highest BCUT2D eigenvalue weighted by Crippen LogP contribution is 2.29. The number of hydrogen-bond acceptors (Lipinski definition) is 7. The zero-order chi connectivity index (χ0) is 25.5. The molecule has 0 unspecified atom stereocenters. The maximum atomic E-state index is 12.6. The number of piperidine rings is 1. The predicted molar refractivity (Wildman–Crippen MR) is 135 cm³/mol. The molecule has 1 fully saturated rings. The molecule has 9 nitrogen and oxygen atoms in total. The second-order valence-corrected chi connectivity index (χ2v) is 8.61. The van der Waals surface area contributed by atoms with Crippen molar-refractivity contribution in [1.82, 2.24) is 15.3 Å². The van der Waals surface area contributed by atoms with Crippen LogP contribution in [0.5, 0.6) is 11.5 Å². The molecule has 1 atom stereocenters. The van der Waals surface area contributed by atoms with Gasteiger partial charge in [-0.05, 0) is 62.1 Å². The molecule has 9 heteroatoms. The summed E-state index contributed by atoms with van der Waals surface area (Å²) in [5.74, 6) is 0.671. The molecule has 36 heavy (non-hydrogen) atoms. The third kappa shape index (κ3) is 6.10. The van der Waals surface area contributed by atoms with E-state index in [0.29, 0.717) is 24.7 Å². The number of amides is 1. The van der Waals surface area contributed by atoms with Crippen molar-refractivity contribution >= 4 is 17.8 Å². The molecule has 0 spiro atoms. The van der Waals surface area contributed by atoms with Gasteiger partial charge in [0.05, 0.1) is 24.3 Å². The lowest BCUT2D eigenvalue weighted by Crippen LogP contribution is -2.42. The molecule has 1 aromatic heterocycles. The quantitative estimate of drug-likeness (QED) is 0.465. The van der Waals surface area contributed by atoms with E-state index < -0.39 is 5.97 Å². The van der Waals surface area contributed by atoms with Crippen molar-refractivity contribution < 1.29 is 24.2 Å². The fourth-order valence-corrected chi connectivity index (χ4v) is 4.09. The second-order valence-electron chi connectivity index (χ2n) is 8.61. The summed E-state index contributed by atoms with van der Waals surface area (Å²) in [6, 6.07) is 12.5. The van der Waals surface area contributed by atoms with Gasteiger partial charge >= 0.3 is 5.97 Å². The molecule has 3 aromatic rings. The molecule has 1 amide bonds. The topological polar surface area (TPSA) is 114 Å². The molecule has 188 valence electrons. The minimum Gasteiger partial charge on any atom is -0.490 e. The van der Waals surface area contributed by atoms with Gasteiger partial charge in [0.25, 0.3) is 5.91 Å². The van der Waals surface area contributed by atoms with Gasteiger partial charge < -0.3 is 24.8 Å². The highest BCUT2D eigenvalue weighted by molar-refractivity contribution is 5.93. The van der Waals surface area contributed by atoms with Crippen LogP contribution < -0.4 is 19.7 Å². The highest BCUT2D eigenvalue weighted by atomic mass is 16.5. The Labute approximate surface area is 210 Å². The monoisotopic (exact) mass is 490 g/mol. The number of ether oxygens (including phenoxy) is 2. The molecule has 0 aliphatic carbocycles. The van der Waals surface area contributed by atoms with Crippen LogP contribution in [0.3, 0.4) is 0 Å². The van der Waals surface area contributed by atoms with E-state index in [0.717, 1.165) is 42.0 Å². The molecule has 2 aromatic carbocycles. The van der Waals surface area contributed by atoms with Crippen LogP contribution in [-0.4, -0.2) is 52.8 Å². The Balaban J connectivity index is 1.36. The average molecular weight is 491 g/mol. The van der Waals surface area contributed by atoms with Gasteiger partial charge in [0, 0.05) is 25.5 Å². The van der Waals surface area contributed by atoms with E-state index in [2.05, 4.69) is 20.2 Å². The summed E-state index contributed by atoms with van der Waals surface area (Å²) in [5, 5.41) is 12.0. The van der Waals surface area contributed by atoms with Crippen LogP contribution in [0.15, 0.2) is 54.9 Å². The van der Waals surface area contributed by atoms with E-state index in [-0.39, 0.29) is 24.1 Å². The molecule has 0 radical (unpaired) electrons. The van der Waals surface area contributed by atoms with Gasteiger partial charge in [-0.25, -0.2) is 14.8 Å². The van der Waals surface area contributed by atoms with Crippen molar-refractivity contribution in [3.63, 3.8) is 0 Å². The van der Waals surface area contributed by atoms with Crippen molar-refractivity contribution in [1.29, 1.82) is 0 Å². The molecular weight excluding hydrogens is 460 g/mol. The number of carbonyl (C=O) groups is 2.